The van der Waals surface area contributed by atoms with Gasteiger partial charge in [-0.05, 0) is 36.8 Å². The molecule has 0 bridgehead atoms. The highest BCUT2D eigenvalue weighted by molar-refractivity contribution is 6.30. The monoisotopic (exact) mass is 297 g/mol. The lowest BCUT2D eigenvalue weighted by atomic mass is 10.1. The fourth-order valence-corrected chi connectivity index (χ4v) is 2.52. The van der Waals surface area contributed by atoms with E-state index in [-0.39, 0.29) is 6.04 Å². The van der Waals surface area contributed by atoms with E-state index in [0.29, 0.717) is 5.69 Å². The van der Waals surface area contributed by atoms with Gasteiger partial charge in [-0.2, -0.15) is 0 Å². The van der Waals surface area contributed by atoms with E-state index in [4.69, 9.17) is 17.3 Å². The molecule has 0 fully saturated rings. The number of halogens is 1. The van der Waals surface area contributed by atoms with Crippen molar-refractivity contribution in [2.24, 2.45) is 0 Å². The van der Waals surface area contributed by atoms with Crippen molar-refractivity contribution >= 4 is 33.9 Å². The molecule has 2 aromatic carbocycles. The standard InChI is InChI=1S/C17H16ClN3/c1-11(12-5-7-13(18)8-6-12)21-16-9-10-20-17-14(16)3-2-4-15(17)19/h2-11H,19H2,1H3,(H,20,21). The van der Waals surface area contributed by atoms with Crippen LogP contribution in [0.5, 0.6) is 0 Å². The number of nitrogens with two attached hydrogens (primary N) is 1. The minimum absolute atomic E-state index is 0.161. The van der Waals surface area contributed by atoms with Crippen molar-refractivity contribution in [1.29, 1.82) is 0 Å². The third-order valence-electron chi connectivity index (χ3n) is 3.54. The summed E-state index contributed by atoms with van der Waals surface area (Å²) in [4.78, 5) is 4.35. The molecule has 0 aliphatic rings. The number of anilines is 2. The third-order valence-corrected chi connectivity index (χ3v) is 3.80. The molecule has 1 heterocycles. The number of nitrogens with zero attached hydrogens (tertiary/aromatic N) is 1. The van der Waals surface area contributed by atoms with Gasteiger partial charge < -0.3 is 11.1 Å². The average molecular weight is 298 g/mol. The Morgan fingerprint density at radius 2 is 1.86 bits per heavy atom. The number of nitrogens with one attached hydrogen (secondary N) is 1. The van der Waals surface area contributed by atoms with Crippen LogP contribution in [-0.2, 0) is 0 Å². The molecule has 0 aliphatic carbocycles. The highest BCUT2D eigenvalue weighted by atomic mass is 35.5. The van der Waals surface area contributed by atoms with Crippen molar-refractivity contribution in [3.8, 4) is 0 Å². The van der Waals surface area contributed by atoms with E-state index in [2.05, 4.69) is 17.2 Å². The van der Waals surface area contributed by atoms with Gasteiger partial charge >= 0.3 is 0 Å². The summed E-state index contributed by atoms with van der Waals surface area (Å²) in [7, 11) is 0. The molecule has 4 heteroatoms. The molecule has 106 valence electrons. The summed E-state index contributed by atoms with van der Waals surface area (Å²) in [5.41, 5.74) is 9.69. The van der Waals surface area contributed by atoms with Crippen molar-refractivity contribution in [3.63, 3.8) is 0 Å². The van der Waals surface area contributed by atoms with E-state index < -0.39 is 0 Å². The number of rotatable bonds is 3. The number of benzene rings is 2. The highest BCUT2D eigenvalue weighted by Crippen LogP contribution is 2.28. The summed E-state index contributed by atoms with van der Waals surface area (Å²) >= 11 is 5.93. The van der Waals surface area contributed by atoms with E-state index in [9.17, 15) is 0 Å². The Morgan fingerprint density at radius 3 is 2.62 bits per heavy atom. The van der Waals surface area contributed by atoms with Gasteiger partial charge in [0.2, 0.25) is 0 Å². The summed E-state index contributed by atoms with van der Waals surface area (Å²) in [6, 6.07) is 15.8. The summed E-state index contributed by atoms with van der Waals surface area (Å²) in [6.45, 7) is 2.11. The molecule has 0 aliphatic heterocycles. The Hall–Kier alpha value is -2.26. The zero-order valence-electron chi connectivity index (χ0n) is 11.7. The lowest BCUT2D eigenvalue weighted by molar-refractivity contribution is 0.886. The Bertz CT molecular complexity index is 769. The van der Waals surface area contributed by atoms with Gasteiger partial charge in [-0.25, -0.2) is 0 Å². The van der Waals surface area contributed by atoms with E-state index in [0.717, 1.165) is 21.6 Å². The van der Waals surface area contributed by atoms with Crippen molar-refractivity contribution in [3.05, 3.63) is 65.3 Å². The second-order valence-electron chi connectivity index (χ2n) is 5.02. The smallest absolute Gasteiger partial charge is 0.0951 e. The van der Waals surface area contributed by atoms with Gasteiger partial charge in [-0.1, -0.05) is 35.9 Å². The normalized spacial score (nSPS) is 12.3. The van der Waals surface area contributed by atoms with Crippen LogP contribution in [0.4, 0.5) is 11.4 Å². The molecule has 0 saturated carbocycles. The van der Waals surface area contributed by atoms with Gasteiger partial charge in [0.15, 0.2) is 0 Å². The molecule has 0 saturated heterocycles. The predicted octanol–water partition coefficient (Wildman–Crippen LogP) is 4.64. The number of hydrogen-bond acceptors (Lipinski definition) is 3. The molecule has 3 aromatic rings. The Balaban J connectivity index is 1.94. The maximum absolute atomic E-state index is 5.98. The first-order chi connectivity index (χ1) is 10.1. The van der Waals surface area contributed by atoms with Crippen molar-refractivity contribution in [2.75, 3.05) is 11.1 Å². The van der Waals surface area contributed by atoms with Crippen LogP contribution in [-0.4, -0.2) is 4.98 Å². The Labute approximate surface area is 128 Å². The lowest BCUT2D eigenvalue weighted by Gasteiger charge is -2.17. The first-order valence-electron chi connectivity index (χ1n) is 6.80. The number of aromatic nitrogens is 1. The van der Waals surface area contributed by atoms with Gasteiger partial charge in [0.05, 0.1) is 11.2 Å². The van der Waals surface area contributed by atoms with E-state index in [1.54, 1.807) is 6.20 Å². The first kappa shape index (κ1) is 13.7. The number of nitrogen functional groups attached to an aromatic ring is 1. The van der Waals surface area contributed by atoms with Crippen molar-refractivity contribution in [2.45, 2.75) is 13.0 Å². The van der Waals surface area contributed by atoms with E-state index in [1.807, 2.05) is 48.5 Å². The van der Waals surface area contributed by atoms with Gasteiger partial charge in [0.25, 0.3) is 0 Å². The fraction of sp³-hybridized carbons (Fsp3) is 0.118. The topological polar surface area (TPSA) is 50.9 Å². The maximum Gasteiger partial charge on any atom is 0.0951 e. The second kappa shape index (κ2) is 5.62. The molecule has 3 N–H and O–H groups in total. The number of fused-ring (bicyclic) bond motifs is 1. The molecule has 0 spiro atoms. The van der Waals surface area contributed by atoms with Gasteiger partial charge in [0.1, 0.15) is 0 Å². The Morgan fingerprint density at radius 1 is 1.10 bits per heavy atom. The molecular weight excluding hydrogens is 282 g/mol. The van der Waals surface area contributed by atoms with Crippen LogP contribution in [0.3, 0.4) is 0 Å². The van der Waals surface area contributed by atoms with Crippen LogP contribution < -0.4 is 11.1 Å². The minimum atomic E-state index is 0.161. The van der Waals surface area contributed by atoms with Crippen LogP contribution in [0.15, 0.2) is 54.7 Å². The van der Waals surface area contributed by atoms with Crippen LogP contribution in [0.1, 0.15) is 18.5 Å². The van der Waals surface area contributed by atoms with Crippen LogP contribution >= 0.6 is 11.6 Å². The molecule has 1 aromatic heterocycles. The quantitative estimate of drug-likeness (QED) is 0.692. The fourth-order valence-electron chi connectivity index (χ4n) is 2.39. The SMILES string of the molecule is CC(Nc1ccnc2c(N)cccc12)c1ccc(Cl)cc1. The zero-order chi connectivity index (χ0) is 14.8. The summed E-state index contributed by atoms with van der Waals surface area (Å²) in [5, 5.41) is 5.28. The Kier molecular flexibility index (Phi) is 3.67. The average Bonchev–Trinajstić information content (AvgIpc) is 2.49. The molecule has 3 rings (SSSR count). The highest BCUT2D eigenvalue weighted by Gasteiger charge is 2.09. The van der Waals surface area contributed by atoms with E-state index in [1.165, 1.54) is 5.56 Å². The zero-order valence-corrected chi connectivity index (χ0v) is 12.4. The van der Waals surface area contributed by atoms with Gasteiger partial charge in [-0.3, -0.25) is 4.98 Å². The molecule has 0 amide bonds. The number of para-hydroxylation sites is 1. The predicted molar refractivity (Wildman–Crippen MR) is 89.6 cm³/mol. The van der Waals surface area contributed by atoms with Crippen molar-refractivity contribution in [1.82, 2.24) is 4.98 Å². The molecular formula is C17H16ClN3. The largest absolute Gasteiger partial charge is 0.397 e. The number of pyridine rings is 1. The van der Waals surface area contributed by atoms with Gasteiger partial charge in [0, 0.05) is 28.3 Å². The van der Waals surface area contributed by atoms with Crippen LogP contribution in [0.25, 0.3) is 10.9 Å². The molecule has 0 radical (unpaired) electrons. The molecule has 1 atom stereocenters. The van der Waals surface area contributed by atoms with Gasteiger partial charge in [-0.15, -0.1) is 0 Å². The summed E-state index contributed by atoms with van der Waals surface area (Å²) < 4.78 is 0. The number of hydrogen-bond donors (Lipinski definition) is 2. The molecule has 21 heavy (non-hydrogen) atoms. The van der Waals surface area contributed by atoms with Crippen LogP contribution in [0.2, 0.25) is 5.02 Å². The van der Waals surface area contributed by atoms with Crippen molar-refractivity contribution < 1.29 is 0 Å². The molecule has 1 unspecified atom stereocenters. The minimum Gasteiger partial charge on any atom is -0.397 e. The lowest BCUT2D eigenvalue weighted by Crippen LogP contribution is -2.07. The summed E-state index contributed by atoms with van der Waals surface area (Å²) in [5.74, 6) is 0. The second-order valence-corrected chi connectivity index (χ2v) is 5.46. The summed E-state index contributed by atoms with van der Waals surface area (Å²) in [6.07, 6.45) is 1.77. The molecule has 3 nitrogen and oxygen atoms in total. The maximum atomic E-state index is 5.98. The first-order valence-corrected chi connectivity index (χ1v) is 7.18. The third kappa shape index (κ3) is 2.78. The van der Waals surface area contributed by atoms with E-state index >= 15 is 0 Å². The van der Waals surface area contributed by atoms with Crippen LogP contribution in [0, 0.1) is 0 Å².